The van der Waals surface area contributed by atoms with Gasteiger partial charge in [0.05, 0.1) is 11.2 Å². The molecule has 0 spiro atoms. The number of rotatable bonds is 2. The second kappa shape index (κ2) is 6.75. The fourth-order valence-electron chi connectivity index (χ4n) is 2.14. The Morgan fingerprint density at radius 1 is 0.952 bits per heavy atom. The van der Waals surface area contributed by atoms with Gasteiger partial charge in [0, 0.05) is 10.4 Å². The van der Waals surface area contributed by atoms with Gasteiger partial charge in [-0.3, -0.25) is 0 Å². The van der Waals surface area contributed by atoms with Crippen LogP contribution in [0.4, 0.5) is 0 Å². The zero-order valence-electron chi connectivity index (χ0n) is 11.6. The van der Waals surface area contributed by atoms with Gasteiger partial charge in [0.2, 0.25) is 0 Å². The van der Waals surface area contributed by atoms with E-state index in [4.69, 9.17) is 11.6 Å². The van der Waals surface area contributed by atoms with Gasteiger partial charge in [-0.25, -0.2) is 4.98 Å². The van der Waals surface area contributed by atoms with Crippen molar-refractivity contribution in [1.29, 1.82) is 0 Å². The fourth-order valence-corrected chi connectivity index (χ4v) is 2.34. The first-order valence-corrected chi connectivity index (χ1v) is 6.90. The van der Waals surface area contributed by atoms with Crippen molar-refractivity contribution >= 4 is 47.1 Å². The molecule has 2 aromatic carbocycles. The molecule has 0 fully saturated rings. The predicted molar refractivity (Wildman–Crippen MR) is 94.1 cm³/mol. The van der Waals surface area contributed by atoms with E-state index in [1.54, 1.807) is 0 Å². The van der Waals surface area contributed by atoms with Crippen molar-refractivity contribution in [3.8, 4) is 0 Å². The van der Waals surface area contributed by atoms with Gasteiger partial charge < -0.3 is 0 Å². The SMILES string of the molecule is Cc1ccc2nc(/C=C/c3ccccc3Cl)ccc2c1.Cl. The minimum absolute atomic E-state index is 0. The highest BCUT2D eigenvalue weighted by molar-refractivity contribution is 6.32. The first kappa shape index (κ1) is 15.6. The maximum absolute atomic E-state index is 6.13. The van der Waals surface area contributed by atoms with Crippen LogP contribution in [0.25, 0.3) is 23.1 Å². The fraction of sp³-hybridized carbons (Fsp3) is 0.0556. The molecule has 0 N–H and O–H groups in total. The number of benzene rings is 2. The number of fused-ring (bicyclic) bond motifs is 1. The van der Waals surface area contributed by atoms with Crippen LogP contribution < -0.4 is 0 Å². The van der Waals surface area contributed by atoms with Crippen molar-refractivity contribution in [2.75, 3.05) is 0 Å². The maximum Gasteiger partial charge on any atom is 0.0709 e. The highest BCUT2D eigenvalue weighted by Crippen LogP contribution is 2.19. The molecule has 0 bridgehead atoms. The molecule has 0 unspecified atom stereocenters. The third kappa shape index (κ3) is 3.63. The summed E-state index contributed by atoms with van der Waals surface area (Å²) >= 11 is 6.13. The maximum atomic E-state index is 6.13. The lowest BCUT2D eigenvalue weighted by Gasteiger charge is -2.01. The molecule has 21 heavy (non-hydrogen) atoms. The molecule has 0 amide bonds. The Hall–Kier alpha value is -1.83. The van der Waals surface area contributed by atoms with Crippen molar-refractivity contribution in [3.05, 3.63) is 76.4 Å². The molecule has 0 aliphatic heterocycles. The minimum atomic E-state index is 0. The molecule has 0 atom stereocenters. The normalized spacial score (nSPS) is 10.8. The summed E-state index contributed by atoms with van der Waals surface area (Å²) in [5.41, 5.74) is 4.19. The van der Waals surface area contributed by atoms with Gasteiger partial charge in [-0.1, -0.05) is 53.6 Å². The van der Waals surface area contributed by atoms with Gasteiger partial charge in [0.25, 0.3) is 0 Å². The molecule has 0 saturated carbocycles. The second-order valence-corrected chi connectivity index (χ2v) is 5.19. The average Bonchev–Trinajstić information content (AvgIpc) is 2.46. The van der Waals surface area contributed by atoms with Crippen molar-refractivity contribution in [2.45, 2.75) is 6.92 Å². The number of aryl methyl sites for hydroxylation is 1. The van der Waals surface area contributed by atoms with Crippen LogP contribution in [0.1, 0.15) is 16.8 Å². The van der Waals surface area contributed by atoms with Gasteiger partial charge in [0.1, 0.15) is 0 Å². The predicted octanol–water partition coefficient (Wildman–Crippen LogP) is 5.79. The minimum Gasteiger partial charge on any atom is -0.248 e. The van der Waals surface area contributed by atoms with Crippen LogP contribution in [0, 0.1) is 6.92 Å². The Morgan fingerprint density at radius 2 is 1.76 bits per heavy atom. The van der Waals surface area contributed by atoms with E-state index in [0.717, 1.165) is 21.8 Å². The molecule has 1 nitrogen and oxygen atoms in total. The Kier molecular flexibility index (Phi) is 5.00. The highest BCUT2D eigenvalue weighted by atomic mass is 35.5. The van der Waals surface area contributed by atoms with E-state index < -0.39 is 0 Å². The third-order valence-electron chi connectivity index (χ3n) is 3.21. The number of nitrogens with zero attached hydrogens (tertiary/aromatic N) is 1. The molecule has 3 heteroatoms. The second-order valence-electron chi connectivity index (χ2n) is 4.79. The molecule has 0 radical (unpaired) electrons. The standard InChI is InChI=1S/C18H14ClN.ClH/c1-13-6-11-18-15(12-13)8-10-16(20-18)9-7-14-4-2-3-5-17(14)19;/h2-12H,1H3;1H/b9-7+;. The van der Waals surface area contributed by atoms with Gasteiger partial charge in [-0.2, -0.15) is 0 Å². The lowest BCUT2D eigenvalue weighted by Crippen LogP contribution is -1.84. The summed E-state index contributed by atoms with van der Waals surface area (Å²) in [5, 5.41) is 1.92. The third-order valence-corrected chi connectivity index (χ3v) is 3.55. The van der Waals surface area contributed by atoms with Crippen molar-refractivity contribution in [1.82, 2.24) is 4.98 Å². The molecule has 0 aliphatic carbocycles. The van der Waals surface area contributed by atoms with E-state index in [2.05, 4.69) is 36.2 Å². The lowest BCUT2D eigenvalue weighted by molar-refractivity contribution is 1.36. The summed E-state index contributed by atoms with van der Waals surface area (Å²) in [5.74, 6) is 0. The largest absolute Gasteiger partial charge is 0.248 e. The van der Waals surface area contributed by atoms with E-state index in [-0.39, 0.29) is 12.4 Å². The summed E-state index contributed by atoms with van der Waals surface area (Å²) < 4.78 is 0. The summed E-state index contributed by atoms with van der Waals surface area (Å²) in [6, 6.07) is 18.2. The van der Waals surface area contributed by atoms with Crippen LogP contribution in [0.15, 0.2) is 54.6 Å². The molecule has 0 saturated heterocycles. The van der Waals surface area contributed by atoms with Crippen LogP contribution in [0.5, 0.6) is 0 Å². The van der Waals surface area contributed by atoms with Gasteiger partial charge in [-0.15, -0.1) is 12.4 Å². The van der Waals surface area contributed by atoms with Crippen molar-refractivity contribution < 1.29 is 0 Å². The summed E-state index contributed by atoms with van der Waals surface area (Å²) in [6.45, 7) is 2.09. The molecular formula is C18H15Cl2N. The first-order valence-electron chi connectivity index (χ1n) is 6.52. The zero-order valence-corrected chi connectivity index (χ0v) is 13.2. The Bertz CT molecular complexity index is 794. The Labute approximate surface area is 135 Å². The van der Waals surface area contributed by atoms with E-state index in [0.29, 0.717) is 0 Å². The number of hydrogen-bond donors (Lipinski definition) is 0. The molecule has 1 heterocycles. The zero-order chi connectivity index (χ0) is 13.9. The van der Waals surface area contributed by atoms with Crippen molar-refractivity contribution in [2.24, 2.45) is 0 Å². The summed E-state index contributed by atoms with van der Waals surface area (Å²) in [6.07, 6.45) is 3.98. The Morgan fingerprint density at radius 3 is 2.57 bits per heavy atom. The van der Waals surface area contributed by atoms with Gasteiger partial charge >= 0.3 is 0 Å². The van der Waals surface area contributed by atoms with E-state index in [9.17, 15) is 0 Å². The van der Waals surface area contributed by atoms with Crippen LogP contribution in [0.3, 0.4) is 0 Å². The van der Waals surface area contributed by atoms with Crippen LogP contribution in [-0.4, -0.2) is 4.98 Å². The van der Waals surface area contributed by atoms with E-state index >= 15 is 0 Å². The average molecular weight is 316 g/mol. The lowest BCUT2D eigenvalue weighted by atomic mass is 10.1. The molecule has 106 valence electrons. The number of halogens is 2. The quantitative estimate of drug-likeness (QED) is 0.583. The summed E-state index contributed by atoms with van der Waals surface area (Å²) in [4.78, 5) is 4.63. The van der Waals surface area contributed by atoms with Crippen LogP contribution >= 0.6 is 24.0 Å². The number of aromatic nitrogens is 1. The highest BCUT2D eigenvalue weighted by Gasteiger charge is 1.97. The smallest absolute Gasteiger partial charge is 0.0709 e. The monoisotopic (exact) mass is 315 g/mol. The molecule has 3 aromatic rings. The summed E-state index contributed by atoms with van der Waals surface area (Å²) in [7, 11) is 0. The first-order chi connectivity index (χ1) is 9.72. The van der Waals surface area contributed by atoms with E-state index in [1.807, 2.05) is 42.5 Å². The van der Waals surface area contributed by atoms with Crippen LogP contribution in [0.2, 0.25) is 5.02 Å². The molecular weight excluding hydrogens is 301 g/mol. The molecule has 1 aromatic heterocycles. The Balaban J connectivity index is 0.00000161. The number of hydrogen-bond acceptors (Lipinski definition) is 1. The molecule has 3 rings (SSSR count). The van der Waals surface area contributed by atoms with Crippen LogP contribution in [-0.2, 0) is 0 Å². The van der Waals surface area contributed by atoms with E-state index in [1.165, 1.54) is 10.9 Å². The topological polar surface area (TPSA) is 12.9 Å². The van der Waals surface area contributed by atoms with Crippen molar-refractivity contribution in [3.63, 3.8) is 0 Å². The molecule has 0 aliphatic rings. The van der Waals surface area contributed by atoms with Gasteiger partial charge in [0.15, 0.2) is 0 Å². The van der Waals surface area contributed by atoms with Gasteiger partial charge in [-0.05, 0) is 42.8 Å². The number of pyridine rings is 1.